The summed E-state index contributed by atoms with van der Waals surface area (Å²) in [6, 6.07) is 12.4. The lowest BCUT2D eigenvalue weighted by Gasteiger charge is -2.18. The van der Waals surface area contributed by atoms with Crippen molar-refractivity contribution in [3.05, 3.63) is 81.2 Å². The van der Waals surface area contributed by atoms with E-state index in [9.17, 15) is 24.0 Å². The first-order valence-corrected chi connectivity index (χ1v) is 13.5. The summed E-state index contributed by atoms with van der Waals surface area (Å²) in [5.74, 6) is -2.19. The van der Waals surface area contributed by atoms with Crippen molar-refractivity contribution in [1.29, 1.82) is 0 Å². The largest absolute Gasteiger partial charge is 0.462 e. The second kappa shape index (κ2) is 10.8. The lowest BCUT2D eigenvalue weighted by atomic mass is 9.88. The van der Waals surface area contributed by atoms with Gasteiger partial charge in [-0.2, -0.15) is 0 Å². The third-order valence-electron chi connectivity index (χ3n) is 6.73. The fraction of sp³-hybridized carbons (Fsp3) is 0.276. The molecule has 10 heteroatoms. The highest BCUT2D eigenvalue weighted by Gasteiger charge is 2.36. The van der Waals surface area contributed by atoms with Crippen LogP contribution in [-0.2, 0) is 27.1 Å². The van der Waals surface area contributed by atoms with Crippen molar-refractivity contribution in [1.82, 2.24) is 0 Å². The first kappa shape index (κ1) is 26.3. The number of benzene rings is 2. The number of anilines is 2. The van der Waals surface area contributed by atoms with E-state index in [1.54, 1.807) is 31.2 Å². The number of amides is 3. The molecule has 2 aliphatic rings. The predicted octanol–water partition coefficient (Wildman–Crippen LogP) is 4.65. The molecule has 0 radical (unpaired) electrons. The lowest BCUT2D eigenvalue weighted by Crippen LogP contribution is -2.29. The molecule has 1 atom stereocenters. The van der Waals surface area contributed by atoms with E-state index in [-0.39, 0.29) is 12.2 Å². The second-order valence-corrected chi connectivity index (χ2v) is 10.5. The minimum absolute atomic E-state index is 0.149. The Morgan fingerprint density at radius 1 is 0.974 bits per heavy atom. The van der Waals surface area contributed by atoms with Gasteiger partial charge in [0.05, 0.1) is 34.5 Å². The Hall–Kier alpha value is -4.31. The lowest BCUT2D eigenvalue weighted by molar-refractivity contribution is -0.119. The number of rotatable bonds is 7. The summed E-state index contributed by atoms with van der Waals surface area (Å²) in [5, 5.41) is 3.11. The fourth-order valence-electron chi connectivity index (χ4n) is 4.81. The molecular weight excluding hydrogens is 520 g/mol. The second-order valence-electron chi connectivity index (χ2n) is 9.44. The molecule has 2 heterocycles. The zero-order valence-corrected chi connectivity index (χ0v) is 22.3. The van der Waals surface area contributed by atoms with Gasteiger partial charge >= 0.3 is 11.9 Å². The van der Waals surface area contributed by atoms with Gasteiger partial charge in [0.1, 0.15) is 5.00 Å². The molecule has 9 nitrogen and oxygen atoms in total. The molecule has 1 aliphatic heterocycles. The van der Waals surface area contributed by atoms with Crippen LogP contribution >= 0.6 is 11.3 Å². The van der Waals surface area contributed by atoms with E-state index in [4.69, 9.17) is 9.47 Å². The van der Waals surface area contributed by atoms with Gasteiger partial charge in [0.25, 0.3) is 17.7 Å². The highest BCUT2D eigenvalue weighted by atomic mass is 32.1. The predicted molar refractivity (Wildman–Crippen MR) is 144 cm³/mol. The maximum absolute atomic E-state index is 12.7. The SMILES string of the molecule is CCOC(=O)c1c(NC(=O)COC(=O)c2ccc(N3C(=O)c4ccccc4C3=O)cc2)sc2c1CCC(C)C2. The zero-order valence-electron chi connectivity index (χ0n) is 21.4. The molecule has 0 bridgehead atoms. The Labute approximate surface area is 228 Å². The van der Waals surface area contributed by atoms with Crippen molar-refractivity contribution in [3.63, 3.8) is 0 Å². The first-order chi connectivity index (χ1) is 18.8. The van der Waals surface area contributed by atoms with Gasteiger partial charge in [0.2, 0.25) is 0 Å². The van der Waals surface area contributed by atoms with Crippen LogP contribution in [0.5, 0.6) is 0 Å². The van der Waals surface area contributed by atoms with Crippen molar-refractivity contribution in [3.8, 4) is 0 Å². The Morgan fingerprint density at radius 3 is 2.28 bits per heavy atom. The quantitative estimate of drug-likeness (QED) is 0.339. The third-order valence-corrected chi connectivity index (χ3v) is 7.90. The van der Waals surface area contributed by atoms with E-state index >= 15 is 0 Å². The number of carbonyl (C=O) groups is 5. The van der Waals surface area contributed by atoms with Crippen LogP contribution in [0, 0.1) is 5.92 Å². The van der Waals surface area contributed by atoms with E-state index < -0.39 is 36.3 Å². The Balaban J connectivity index is 1.23. The maximum Gasteiger partial charge on any atom is 0.341 e. The van der Waals surface area contributed by atoms with Crippen LogP contribution in [0.15, 0.2) is 48.5 Å². The molecule has 1 unspecified atom stereocenters. The first-order valence-electron chi connectivity index (χ1n) is 12.6. The minimum atomic E-state index is -0.746. The molecule has 0 saturated heterocycles. The van der Waals surface area contributed by atoms with Gasteiger partial charge in [-0.1, -0.05) is 19.1 Å². The maximum atomic E-state index is 12.7. The van der Waals surface area contributed by atoms with Gasteiger partial charge in [-0.3, -0.25) is 14.4 Å². The van der Waals surface area contributed by atoms with Gasteiger partial charge in [0, 0.05) is 4.88 Å². The van der Waals surface area contributed by atoms with E-state index in [2.05, 4.69) is 12.2 Å². The molecule has 5 rings (SSSR count). The van der Waals surface area contributed by atoms with Gasteiger partial charge in [-0.05, 0) is 74.1 Å². The summed E-state index contributed by atoms with van der Waals surface area (Å²) in [6.07, 6.45) is 2.52. The van der Waals surface area contributed by atoms with Gasteiger partial charge in [0.15, 0.2) is 6.61 Å². The Morgan fingerprint density at radius 2 is 1.64 bits per heavy atom. The highest BCUT2D eigenvalue weighted by molar-refractivity contribution is 7.17. The van der Waals surface area contributed by atoms with Gasteiger partial charge in [-0.15, -0.1) is 11.3 Å². The standard InChI is InChI=1S/C29H26N2O7S/c1-3-37-29(36)24-21-13-8-16(2)14-22(21)39-25(24)30-23(32)15-38-28(35)17-9-11-18(12-10-17)31-26(33)19-6-4-5-7-20(19)27(31)34/h4-7,9-12,16H,3,8,13-15H2,1-2H3,(H,30,32). The van der Waals surface area contributed by atoms with Crippen LogP contribution in [0.4, 0.5) is 10.7 Å². The summed E-state index contributed by atoms with van der Waals surface area (Å²) in [6.45, 7) is 3.54. The molecule has 3 aromatic rings. The summed E-state index contributed by atoms with van der Waals surface area (Å²) < 4.78 is 10.4. The summed E-state index contributed by atoms with van der Waals surface area (Å²) in [7, 11) is 0. The van der Waals surface area contributed by atoms with Crippen molar-refractivity contribution in [2.45, 2.75) is 33.1 Å². The fourth-order valence-corrected chi connectivity index (χ4v) is 6.22. The number of ether oxygens (including phenoxy) is 2. The number of nitrogens with one attached hydrogen (secondary N) is 1. The van der Waals surface area contributed by atoms with Crippen molar-refractivity contribution in [2.75, 3.05) is 23.4 Å². The molecule has 0 fully saturated rings. The Bertz CT molecular complexity index is 1460. The van der Waals surface area contributed by atoms with Crippen LogP contribution in [0.3, 0.4) is 0 Å². The number of thiophene rings is 1. The number of nitrogens with zero attached hydrogens (tertiary/aromatic N) is 1. The van der Waals surface area contributed by atoms with Crippen LogP contribution in [0.25, 0.3) is 0 Å². The Kier molecular flexibility index (Phi) is 7.30. The molecule has 1 aliphatic carbocycles. The van der Waals surface area contributed by atoms with Crippen molar-refractivity contribution < 1.29 is 33.4 Å². The van der Waals surface area contributed by atoms with Crippen molar-refractivity contribution in [2.24, 2.45) is 5.92 Å². The van der Waals surface area contributed by atoms with Gasteiger partial charge in [-0.25, -0.2) is 14.5 Å². The summed E-state index contributed by atoms with van der Waals surface area (Å²) in [4.78, 5) is 65.3. The monoisotopic (exact) mass is 546 g/mol. The smallest absolute Gasteiger partial charge is 0.341 e. The van der Waals surface area contributed by atoms with Gasteiger partial charge < -0.3 is 14.8 Å². The van der Waals surface area contributed by atoms with Crippen molar-refractivity contribution >= 4 is 51.7 Å². The molecule has 39 heavy (non-hydrogen) atoms. The average molecular weight is 547 g/mol. The number of esters is 2. The number of carbonyl (C=O) groups excluding carboxylic acids is 5. The van der Waals surface area contributed by atoms with E-state index in [0.29, 0.717) is 33.3 Å². The highest BCUT2D eigenvalue weighted by Crippen LogP contribution is 2.40. The molecular formula is C29H26N2O7S. The molecule has 1 aromatic heterocycles. The summed E-state index contributed by atoms with van der Waals surface area (Å²) in [5.41, 5.74) is 2.41. The average Bonchev–Trinajstić information content (AvgIpc) is 3.40. The summed E-state index contributed by atoms with van der Waals surface area (Å²) >= 11 is 1.36. The topological polar surface area (TPSA) is 119 Å². The zero-order chi connectivity index (χ0) is 27.7. The molecule has 2 aromatic carbocycles. The number of imide groups is 1. The molecule has 3 amide bonds. The molecule has 200 valence electrons. The van der Waals surface area contributed by atoms with E-state index in [0.717, 1.165) is 34.6 Å². The molecule has 0 spiro atoms. The minimum Gasteiger partial charge on any atom is -0.462 e. The van der Waals surface area contributed by atoms with Crippen LogP contribution in [0.1, 0.15) is 72.1 Å². The van der Waals surface area contributed by atoms with E-state index in [1.807, 2.05) is 0 Å². The van der Waals surface area contributed by atoms with E-state index in [1.165, 1.54) is 35.6 Å². The third kappa shape index (κ3) is 5.07. The number of hydrogen-bond donors (Lipinski definition) is 1. The van der Waals surface area contributed by atoms with Crippen LogP contribution < -0.4 is 10.2 Å². The number of fused-ring (bicyclic) bond motifs is 2. The van der Waals surface area contributed by atoms with Crippen LogP contribution in [0.2, 0.25) is 0 Å². The molecule has 1 N–H and O–H groups in total. The normalized spacial score (nSPS) is 15.9. The van der Waals surface area contributed by atoms with Crippen LogP contribution in [-0.4, -0.2) is 42.9 Å². The number of hydrogen-bond acceptors (Lipinski definition) is 8. The molecule has 0 saturated carbocycles.